The first-order chi connectivity index (χ1) is 11.2. The number of carbonyl (C=O) groups excluding carboxylic acids is 2. The summed E-state index contributed by atoms with van der Waals surface area (Å²) in [7, 11) is 0. The van der Waals surface area contributed by atoms with Crippen LogP contribution in [0.1, 0.15) is 43.1 Å². The van der Waals surface area contributed by atoms with Gasteiger partial charge in [0.1, 0.15) is 0 Å². The van der Waals surface area contributed by atoms with Gasteiger partial charge in [-0.3, -0.25) is 9.59 Å². The Morgan fingerprint density at radius 1 is 1.08 bits per heavy atom. The number of halogens is 1. The Morgan fingerprint density at radius 2 is 1.68 bits per heavy atom. The highest BCUT2D eigenvalue weighted by Crippen LogP contribution is 2.20. The Bertz CT molecular complexity index is 613. The monoisotopic (exact) mass is 367 g/mol. The average Bonchev–Trinajstić information content (AvgIpc) is 2.78. The van der Waals surface area contributed by atoms with Crippen LogP contribution in [0.25, 0.3) is 0 Å². The van der Waals surface area contributed by atoms with E-state index < -0.39 is 6.04 Å². The highest BCUT2D eigenvalue weighted by atomic mass is 35.5. The van der Waals surface area contributed by atoms with Gasteiger partial charge < -0.3 is 15.5 Å². The number of benzene rings is 1. The zero-order chi connectivity index (χ0) is 17.9. The van der Waals surface area contributed by atoms with Crippen LogP contribution in [0.2, 0.25) is 0 Å². The van der Waals surface area contributed by atoms with Gasteiger partial charge in [0, 0.05) is 31.7 Å². The van der Waals surface area contributed by atoms with Crippen LogP contribution in [-0.4, -0.2) is 53.8 Å². The predicted octanol–water partition coefficient (Wildman–Crippen LogP) is 2.46. The molecule has 2 N–H and O–H groups in total. The van der Waals surface area contributed by atoms with E-state index in [1.807, 2.05) is 56.9 Å². The molecule has 140 valence electrons. The van der Waals surface area contributed by atoms with E-state index in [4.69, 9.17) is 5.73 Å². The zero-order valence-corrected chi connectivity index (χ0v) is 16.4. The summed E-state index contributed by atoms with van der Waals surface area (Å²) in [6.45, 7) is 10.3. The van der Waals surface area contributed by atoms with E-state index >= 15 is 0 Å². The molecular weight excluding hydrogens is 338 g/mol. The minimum Gasteiger partial charge on any atom is -0.339 e. The Balaban J connectivity index is 0.00000312. The zero-order valence-electron chi connectivity index (χ0n) is 15.6. The van der Waals surface area contributed by atoms with Crippen LogP contribution in [-0.2, 0) is 4.79 Å². The second-order valence-electron chi connectivity index (χ2n) is 7.68. The topological polar surface area (TPSA) is 66.6 Å². The third-order valence-corrected chi connectivity index (χ3v) is 4.56. The van der Waals surface area contributed by atoms with Crippen molar-refractivity contribution in [1.29, 1.82) is 0 Å². The highest BCUT2D eigenvalue weighted by Gasteiger charge is 2.32. The molecule has 2 amide bonds. The van der Waals surface area contributed by atoms with E-state index in [1.54, 1.807) is 4.90 Å². The van der Waals surface area contributed by atoms with E-state index in [2.05, 4.69) is 0 Å². The van der Waals surface area contributed by atoms with Crippen molar-refractivity contribution in [3.8, 4) is 0 Å². The first kappa shape index (κ1) is 21.5. The van der Waals surface area contributed by atoms with Crippen LogP contribution < -0.4 is 5.73 Å². The molecule has 25 heavy (non-hydrogen) atoms. The van der Waals surface area contributed by atoms with E-state index in [-0.39, 0.29) is 29.6 Å². The molecule has 1 aromatic rings. The van der Waals surface area contributed by atoms with Crippen LogP contribution >= 0.6 is 12.4 Å². The van der Waals surface area contributed by atoms with Crippen molar-refractivity contribution in [3.63, 3.8) is 0 Å². The SMILES string of the molecule is Cc1cccc(C(=O)N2CCCN(C(=O)[C@@H](N)C(C)(C)C)CC2)c1.Cl. The van der Waals surface area contributed by atoms with Crippen LogP contribution in [0, 0.1) is 12.3 Å². The molecule has 0 saturated carbocycles. The van der Waals surface area contributed by atoms with Gasteiger partial charge in [-0.05, 0) is 30.9 Å². The fourth-order valence-corrected chi connectivity index (χ4v) is 2.87. The lowest BCUT2D eigenvalue weighted by Gasteiger charge is -2.31. The van der Waals surface area contributed by atoms with Gasteiger partial charge in [-0.2, -0.15) is 0 Å². The van der Waals surface area contributed by atoms with E-state index in [0.717, 1.165) is 12.0 Å². The predicted molar refractivity (Wildman–Crippen MR) is 103 cm³/mol. The summed E-state index contributed by atoms with van der Waals surface area (Å²) in [4.78, 5) is 28.9. The highest BCUT2D eigenvalue weighted by molar-refractivity contribution is 5.94. The van der Waals surface area contributed by atoms with Gasteiger partial charge in [0.05, 0.1) is 6.04 Å². The smallest absolute Gasteiger partial charge is 0.253 e. The van der Waals surface area contributed by atoms with Gasteiger partial charge in [-0.1, -0.05) is 38.5 Å². The van der Waals surface area contributed by atoms with Crippen LogP contribution in [0.5, 0.6) is 0 Å². The molecule has 0 aromatic heterocycles. The number of carbonyl (C=O) groups is 2. The summed E-state index contributed by atoms with van der Waals surface area (Å²) in [6.07, 6.45) is 0.778. The molecular formula is C19H30ClN3O2. The van der Waals surface area contributed by atoms with Crippen molar-refractivity contribution in [1.82, 2.24) is 9.80 Å². The molecule has 2 rings (SSSR count). The molecule has 0 aliphatic carbocycles. The molecule has 0 bridgehead atoms. The normalized spacial score (nSPS) is 16.7. The molecule has 0 unspecified atom stereocenters. The lowest BCUT2D eigenvalue weighted by Crippen LogP contribution is -2.51. The molecule has 1 aliphatic rings. The molecule has 1 saturated heterocycles. The van der Waals surface area contributed by atoms with Gasteiger partial charge in [0.2, 0.25) is 5.91 Å². The van der Waals surface area contributed by atoms with Crippen LogP contribution in [0.3, 0.4) is 0 Å². The molecule has 1 fully saturated rings. The van der Waals surface area contributed by atoms with Gasteiger partial charge in [0.15, 0.2) is 0 Å². The molecule has 6 heteroatoms. The number of aryl methyl sites for hydroxylation is 1. The minimum atomic E-state index is -0.517. The third kappa shape index (κ3) is 5.44. The summed E-state index contributed by atoms with van der Waals surface area (Å²) >= 11 is 0. The molecule has 5 nitrogen and oxygen atoms in total. The van der Waals surface area contributed by atoms with Crippen molar-refractivity contribution >= 4 is 24.2 Å². The van der Waals surface area contributed by atoms with Gasteiger partial charge >= 0.3 is 0 Å². The van der Waals surface area contributed by atoms with E-state index in [0.29, 0.717) is 31.7 Å². The van der Waals surface area contributed by atoms with Crippen molar-refractivity contribution in [2.75, 3.05) is 26.2 Å². The molecule has 1 aliphatic heterocycles. The lowest BCUT2D eigenvalue weighted by atomic mass is 9.86. The molecule has 1 atom stereocenters. The summed E-state index contributed by atoms with van der Waals surface area (Å²) in [5.41, 5.74) is 7.63. The fourth-order valence-electron chi connectivity index (χ4n) is 2.87. The number of hydrogen-bond acceptors (Lipinski definition) is 3. The first-order valence-corrected chi connectivity index (χ1v) is 8.60. The summed E-state index contributed by atoms with van der Waals surface area (Å²) < 4.78 is 0. The largest absolute Gasteiger partial charge is 0.339 e. The van der Waals surface area contributed by atoms with Gasteiger partial charge in [-0.25, -0.2) is 0 Å². The Hall–Kier alpha value is -1.59. The second kappa shape index (κ2) is 8.68. The maximum Gasteiger partial charge on any atom is 0.253 e. The molecule has 0 spiro atoms. The second-order valence-corrected chi connectivity index (χ2v) is 7.68. The van der Waals surface area contributed by atoms with Gasteiger partial charge in [-0.15, -0.1) is 12.4 Å². The quantitative estimate of drug-likeness (QED) is 0.873. The molecule has 0 radical (unpaired) electrons. The van der Waals surface area contributed by atoms with E-state index in [1.165, 1.54) is 0 Å². The summed E-state index contributed by atoms with van der Waals surface area (Å²) in [5.74, 6) is 0.0143. The fraction of sp³-hybridized carbons (Fsp3) is 0.579. The third-order valence-electron chi connectivity index (χ3n) is 4.56. The summed E-state index contributed by atoms with van der Waals surface area (Å²) in [6, 6.07) is 7.12. The molecule has 1 heterocycles. The number of rotatable bonds is 2. The minimum absolute atomic E-state index is 0. The Morgan fingerprint density at radius 3 is 2.28 bits per heavy atom. The summed E-state index contributed by atoms with van der Waals surface area (Å²) in [5, 5.41) is 0. The van der Waals surface area contributed by atoms with Crippen LogP contribution in [0.4, 0.5) is 0 Å². The number of nitrogens with zero attached hydrogens (tertiary/aromatic N) is 2. The lowest BCUT2D eigenvalue weighted by molar-refractivity contribution is -0.134. The van der Waals surface area contributed by atoms with Crippen molar-refractivity contribution < 1.29 is 9.59 Å². The maximum absolute atomic E-state index is 12.7. The van der Waals surface area contributed by atoms with Crippen molar-refractivity contribution in [3.05, 3.63) is 35.4 Å². The maximum atomic E-state index is 12.7. The van der Waals surface area contributed by atoms with Crippen molar-refractivity contribution in [2.24, 2.45) is 11.1 Å². The Labute approximate surface area is 157 Å². The Kier molecular flexibility index (Phi) is 7.44. The molecule has 1 aromatic carbocycles. The van der Waals surface area contributed by atoms with E-state index in [9.17, 15) is 9.59 Å². The average molecular weight is 368 g/mol. The van der Waals surface area contributed by atoms with Gasteiger partial charge in [0.25, 0.3) is 5.91 Å². The number of nitrogens with two attached hydrogens (primary N) is 1. The first-order valence-electron chi connectivity index (χ1n) is 8.60. The standard InChI is InChI=1S/C19H29N3O2.ClH/c1-14-7-5-8-15(13-14)17(23)21-9-6-10-22(12-11-21)18(24)16(20)19(2,3)4;/h5,7-8,13,16H,6,9-12,20H2,1-4H3;1H/t16-;/m1./s1. The number of hydrogen-bond donors (Lipinski definition) is 1. The van der Waals surface area contributed by atoms with Crippen molar-refractivity contribution in [2.45, 2.75) is 40.2 Å². The van der Waals surface area contributed by atoms with Crippen LogP contribution in [0.15, 0.2) is 24.3 Å². The number of amides is 2.